The fourth-order valence-corrected chi connectivity index (χ4v) is 8.55. The van der Waals surface area contributed by atoms with Crippen LogP contribution in [0.15, 0.2) is 89.1 Å². The lowest BCUT2D eigenvalue weighted by molar-refractivity contribution is -0.124. The molecule has 0 saturated carbocycles. The third-order valence-electron chi connectivity index (χ3n) is 9.02. The van der Waals surface area contributed by atoms with Crippen LogP contribution in [0.5, 0.6) is 0 Å². The zero-order valence-electron chi connectivity index (χ0n) is 21.9. The molecular formula is C33H15N5O4S. The maximum absolute atomic E-state index is 14.0. The number of fused-ring (bicyclic) bond motifs is 1. The number of carbonyl (C=O) groups is 4. The third-order valence-corrected chi connectivity index (χ3v) is 10.1. The molecule has 202 valence electrons. The topological polar surface area (TPSA) is 113 Å². The number of benzene rings is 3. The van der Waals surface area contributed by atoms with Crippen LogP contribution in [-0.4, -0.2) is 39.5 Å². The fourth-order valence-electron chi connectivity index (χ4n) is 7.30. The van der Waals surface area contributed by atoms with Crippen molar-refractivity contribution in [3.05, 3.63) is 111 Å². The molecule has 9 nitrogen and oxygen atoms in total. The van der Waals surface area contributed by atoms with Gasteiger partial charge in [-0.25, -0.2) is 9.80 Å². The second-order valence-corrected chi connectivity index (χ2v) is 12.1. The molecule has 0 spiro atoms. The summed E-state index contributed by atoms with van der Waals surface area (Å²) in [6.45, 7) is 0. The zero-order valence-corrected chi connectivity index (χ0v) is 22.8. The highest BCUT2D eigenvalue weighted by atomic mass is 32.1. The van der Waals surface area contributed by atoms with Crippen molar-refractivity contribution in [3.8, 4) is 0 Å². The monoisotopic (exact) mass is 577 g/mol. The first-order chi connectivity index (χ1) is 21.0. The van der Waals surface area contributed by atoms with E-state index in [4.69, 9.17) is 4.99 Å². The standard InChI is InChI=1S/C33H15N5O4S/c39-30-16-11-19-23-24-20(43-19)12-17-22-26(24)28(35-36-29(22)33(42)38(31(17)40)15-9-5-2-6-10-15)27-25(23)21(16)18(13-34-27)32(41)37(30)14-7-3-1-4-8-14/h1-13,21,25H. The van der Waals surface area contributed by atoms with Crippen LogP contribution in [-0.2, 0) is 9.59 Å². The summed E-state index contributed by atoms with van der Waals surface area (Å²) in [5.41, 5.74) is 4.40. The van der Waals surface area contributed by atoms with Gasteiger partial charge in [-0.15, -0.1) is 21.5 Å². The number of rotatable bonds is 2. The molecule has 2 aliphatic carbocycles. The minimum atomic E-state index is -0.534. The molecule has 0 bridgehead atoms. The zero-order chi connectivity index (χ0) is 28.7. The van der Waals surface area contributed by atoms with Crippen molar-refractivity contribution in [2.24, 2.45) is 10.9 Å². The molecule has 2 atom stereocenters. The van der Waals surface area contributed by atoms with Gasteiger partial charge in [0.25, 0.3) is 23.6 Å². The molecule has 0 N–H and O–H groups in total. The Bertz CT molecular complexity index is 2340. The molecule has 43 heavy (non-hydrogen) atoms. The largest absolute Gasteiger partial charge is 0.286 e. The molecule has 5 aromatic rings. The van der Waals surface area contributed by atoms with Crippen LogP contribution in [0, 0.1) is 5.92 Å². The van der Waals surface area contributed by atoms with Gasteiger partial charge in [0.1, 0.15) is 5.69 Å². The molecule has 2 aromatic heterocycles. The Morgan fingerprint density at radius 1 is 0.651 bits per heavy atom. The van der Waals surface area contributed by atoms with Crippen LogP contribution >= 0.6 is 11.3 Å². The van der Waals surface area contributed by atoms with Crippen LogP contribution in [0.1, 0.15) is 42.9 Å². The Labute approximate surface area is 246 Å². The Morgan fingerprint density at radius 2 is 1.30 bits per heavy atom. The molecule has 3 aliphatic heterocycles. The van der Waals surface area contributed by atoms with E-state index in [1.54, 1.807) is 54.7 Å². The predicted molar refractivity (Wildman–Crippen MR) is 160 cm³/mol. The van der Waals surface area contributed by atoms with Crippen molar-refractivity contribution < 1.29 is 19.2 Å². The van der Waals surface area contributed by atoms with Gasteiger partial charge in [0.15, 0.2) is 5.69 Å². The highest BCUT2D eigenvalue weighted by Gasteiger charge is 2.53. The van der Waals surface area contributed by atoms with Gasteiger partial charge < -0.3 is 0 Å². The molecule has 4 amide bonds. The highest BCUT2D eigenvalue weighted by molar-refractivity contribution is 7.20. The lowest BCUT2D eigenvalue weighted by Crippen LogP contribution is -2.51. The number of amides is 4. The van der Waals surface area contributed by atoms with Crippen molar-refractivity contribution in [1.82, 2.24) is 10.2 Å². The predicted octanol–water partition coefficient (Wildman–Crippen LogP) is 5.02. The van der Waals surface area contributed by atoms with Gasteiger partial charge in [-0.1, -0.05) is 36.4 Å². The van der Waals surface area contributed by atoms with Crippen molar-refractivity contribution in [2.75, 3.05) is 9.80 Å². The van der Waals surface area contributed by atoms with E-state index in [0.717, 1.165) is 25.4 Å². The van der Waals surface area contributed by atoms with Gasteiger partial charge in [-0.3, -0.25) is 24.2 Å². The van der Waals surface area contributed by atoms with E-state index in [0.29, 0.717) is 50.3 Å². The highest BCUT2D eigenvalue weighted by Crippen LogP contribution is 2.58. The maximum Gasteiger partial charge on any atom is 0.286 e. The summed E-state index contributed by atoms with van der Waals surface area (Å²) in [5, 5.41) is 11.0. The number of piperidine rings is 1. The van der Waals surface area contributed by atoms with Gasteiger partial charge in [0, 0.05) is 54.9 Å². The SMILES string of the molecule is O=C1C2=CN=C3c4nnc5c6c(cc7sc8c(c7c46)C3C2C(=C8)C(=O)N1c1ccccc1)C(=O)N(c1ccccc1)C5=O. The van der Waals surface area contributed by atoms with E-state index in [1.807, 2.05) is 24.3 Å². The first kappa shape index (κ1) is 23.0. The van der Waals surface area contributed by atoms with E-state index >= 15 is 0 Å². The van der Waals surface area contributed by atoms with Crippen LogP contribution in [0.2, 0.25) is 0 Å². The Kier molecular flexibility index (Phi) is 4.07. The number of hydrogen-bond donors (Lipinski definition) is 0. The molecule has 1 fully saturated rings. The minimum Gasteiger partial charge on any atom is -0.269 e. The Hall–Kier alpha value is -5.61. The van der Waals surface area contributed by atoms with Crippen molar-refractivity contribution >= 4 is 79.0 Å². The number of thiophene rings is 1. The second kappa shape index (κ2) is 7.61. The van der Waals surface area contributed by atoms with E-state index in [-0.39, 0.29) is 11.6 Å². The van der Waals surface area contributed by atoms with Gasteiger partial charge in [-0.2, -0.15) is 0 Å². The molecule has 10 heteroatoms. The number of nitrogens with zero attached hydrogens (tertiary/aromatic N) is 5. The Balaban J connectivity index is 1.27. The lowest BCUT2D eigenvalue weighted by Gasteiger charge is -2.43. The average Bonchev–Trinajstić information content (AvgIpc) is 3.42. The second-order valence-electron chi connectivity index (χ2n) is 11.0. The maximum atomic E-state index is 14.0. The molecule has 1 saturated heterocycles. The third kappa shape index (κ3) is 2.61. The molecule has 3 aromatic carbocycles. The molecular weight excluding hydrogens is 562 g/mol. The summed E-state index contributed by atoms with van der Waals surface area (Å²) in [6.07, 6.45) is 3.43. The van der Waals surface area contributed by atoms with Gasteiger partial charge in [-0.05, 0) is 42.0 Å². The van der Waals surface area contributed by atoms with Crippen LogP contribution in [0.4, 0.5) is 11.4 Å². The average molecular weight is 578 g/mol. The van der Waals surface area contributed by atoms with Crippen molar-refractivity contribution in [2.45, 2.75) is 5.92 Å². The molecule has 5 heterocycles. The summed E-state index contributed by atoms with van der Waals surface area (Å²) in [5.74, 6) is -2.66. The quantitative estimate of drug-likeness (QED) is 0.273. The number of aromatic nitrogens is 2. The van der Waals surface area contributed by atoms with Crippen LogP contribution < -0.4 is 9.80 Å². The number of anilines is 2. The molecule has 5 aliphatic rings. The van der Waals surface area contributed by atoms with E-state index in [2.05, 4.69) is 10.2 Å². The minimum absolute atomic E-state index is 0.110. The number of para-hydroxylation sites is 2. The summed E-state index contributed by atoms with van der Waals surface area (Å²) in [4.78, 5) is 63.5. The number of imide groups is 2. The summed E-state index contributed by atoms with van der Waals surface area (Å²) in [7, 11) is 0. The summed E-state index contributed by atoms with van der Waals surface area (Å²) < 4.78 is 0.841. The Morgan fingerprint density at radius 3 is 2.02 bits per heavy atom. The number of aliphatic imine (C=N–C) groups is 1. The van der Waals surface area contributed by atoms with E-state index < -0.39 is 29.6 Å². The van der Waals surface area contributed by atoms with Gasteiger partial charge in [0.05, 0.1) is 22.6 Å². The fraction of sp³-hybridized carbons (Fsp3) is 0.0606. The molecule has 10 rings (SSSR count). The van der Waals surface area contributed by atoms with E-state index in [1.165, 1.54) is 16.2 Å². The number of carbonyl (C=O) groups excluding carboxylic acids is 4. The molecule has 0 radical (unpaired) electrons. The first-order valence-electron chi connectivity index (χ1n) is 13.7. The smallest absolute Gasteiger partial charge is 0.269 e. The van der Waals surface area contributed by atoms with E-state index in [9.17, 15) is 19.2 Å². The van der Waals surface area contributed by atoms with Crippen LogP contribution in [0.25, 0.3) is 26.9 Å². The van der Waals surface area contributed by atoms with Gasteiger partial charge in [0.2, 0.25) is 0 Å². The lowest BCUT2D eigenvalue weighted by atomic mass is 9.64. The van der Waals surface area contributed by atoms with Crippen molar-refractivity contribution in [3.63, 3.8) is 0 Å². The summed E-state index contributed by atoms with van der Waals surface area (Å²) in [6, 6.07) is 19.5. The van der Waals surface area contributed by atoms with Crippen molar-refractivity contribution in [1.29, 1.82) is 0 Å². The van der Waals surface area contributed by atoms with Crippen LogP contribution in [0.3, 0.4) is 0 Å². The normalized spacial score (nSPS) is 21.1. The molecule has 2 unspecified atom stereocenters. The summed E-state index contributed by atoms with van der Waals surface area (Å²) >= 11 is 1.48. The first-order valence-corrected chi connectivity index (χ1v) is 14.5. The van der Waals surface area contributed by atoms with Gasteiger partial charge >= 0.3 is 0 Å². The number of hydrogen-bond acceptors (Lipinski definition) is 8.